The minimum atomic E-state index is -1.21. The summed E-state index contributed by atoms with van der Waals surface area (Å²) in [5.41, 5.74) is -0.366. The number of imide groups is 1. The molecule has 0 bridgehead atoms. The number of amides is 3. The molecule has 28 heavy (non-hydrogen) atoms. The summed E-state index contributed by atoms with van der Waals surface area (Å²) >= 11 is 0. The van der Waals surface area contributed by atoms with Crippen molar-refractivity contribution in [2.75, 3.05) is 11.9 Å². The fourth-order valence-electron chi connectivity index (χ4n) is 2.80. The van der Waals surface area contributed by atoms with Crippen molar-refractivity contribution in [2.45, 2.75) is 6.42 Å². The second-order valence-corrected chi connectivity index (χ2v) is 5.90. The number of benzene rings is 2. The van der Waals surface area contributed by atoms with Gasteiger partial charge in [0.1, 0.15) is 0 Å². The van der Waals surface area contributed by atoms with E-state index in [-0.39, 0.29) is 41.0 Å². The van der Waals surface area contributed by atoms with Crippen LogP contribution in [0.2, 0.25) is 0 Å². The van der Waals surface area contributed by atoms with Gasteiger partial charge in [0, 0.05) is 25.1 Å². The maximum Gasteiger partial charge on any atom is 0.337 e. The highest BCUT2D eigenvalue weighted by Gasteiger charge is 2.36. The van der Waals surface area contributed by atoms with Crippen molar-refractivity contribution in [1.29, 1.82) is 0 Å². The van der Waals surface area contributed by atoms with Gasteiger partial charge in [0.25, 0.3) is 17.5 Å². The minimum Gasteiger partial charge on any atom is -0.478 e. The Morgan fingerprint density at radius 1 is 1.07 bits per heavy atom. The first-order chi connectivity index (χ1) is 13.3. The number of anilines is 1. The highest BCUT2D eigenvalue weighted by molar-refractivity contribution is 6.21. The van der Waals surface area contributed by atoms with Crippen molar-refractivity contribution in [1.82, 2.24) is 4.90 Å². The van der Waals surface area contributed by atoms with E-state index in [1.807, 2.05) is 0 Å². The quantitative estimate of drug-likeness (QED) is 0.440. The van der Waals surface area contributed by atoms with Gasteiger partial charge in [-0.1, -0.05) is 12.1 Å². The lowest BCUT2D eigenvalue weighted by Crippen LogP contribution is -2.33. The van der Waals surface area contributed by atoms with Crippen LogP contribution in [0.3, 0.4) is 0 Å². The molecule has 1 aliphatic rings. The molecule has 2 N–H and O–H groups in total. The first-order valence-corrected chi connectivity index (χ1v) is 8.06. The van der Waals surface area contributed by atoms with E-state index < -0.39 is 28.6 Å². The third-order valence-electron chi connectivity index (χ3n) is 4.16. The number of nitrogens with one attached hydrogen (secondary N) is 1. The number of carbonyl (C=O) groups excluding carboxylic acids is 3. The van der Waals surface area contributed by atoms with Crippen molar-refractivity contribution in [2.24, 2.45) is 0 Å². The van der Waals surface area contributed by atoms with E-state index >= 15 is 0 Å². The van der Waals surface area contributed by atoms with E-state index in [4.69, 9.17) is 5.11 Å². The molecule has 0 atom stereocenters. The molecular formula is C18H13N3O7. The number of nitro benzene ring substituents is 1. The Balaban J connectivity index is 1.69. The van der Waals surface area contributed by atoms with Crippen LogP contribution in [0.1, 0.15) is 37.5 Å². The molecular weight excluding hydrogens is 370 g/mol. The third-order valence-corrected chi connectivity index (χ3v) is 4.16. The first-order valence-electron chi connectivity index (χ1n) is 8.06. The second-order valence-electron chi connectivity index (χ2n) is 5.90. The number of carbonyl (C=O) groups is 4. The number of nitrogens with zero attached hydrogens (tertiary/aromatic N) is 2. The molecule has 1 aliphatic heterocycles. The summed E-state index contributed by atoms with van der Waals surface area (Å²) in [6, 6.07) is 9.17. The average Bonchev–Trinajstić information content (AvgIpc) is 2.90. The number of para-hydroxylation sites is 1. The number of rotatable bonds is 6. The van der Waals surface area contributed by atoms with Crippen LogP contribution in [0.15, 0.2) is 42.5 Å². The number of hydrogen-bond acceptors (Lipinski definition) is 6. The molecule has 0 unspecified atom stereocenters. The molecule has 10 nitrogen and oxygen atoms in total. The standard InChI is InChI=1S/C18H13N3O7/c22-15(19-14-4-2-1-3-12(14)18(25)26)7-8-20-16(23)11-6-5-10(21(27)28)9-13(11)17(20)24/h1-6,9H,7-8H2,(H,19,22)(H,25,26). The van der Waals surface area contributed by atoms with Crippen molar-refractivity contribution in [3.05, 3.63) is 69.3 Å². The van der Waals surface area contributed by atoms with Crippen molar-refractivity contribution < 1.29 is 29.2 Å². The Kier molecular flexibility index (Phi) is 4.86. The molecule has 1 heterocycles. The fourth-order valence-corrected chi connectivity index (χ4v) is 2.80. The molecule has 0 aromatic heterocycles. The molecule has 3 rings (SSSR count). The summed E-state index contributed by atoms with van der Waals surface area (Å²) in [6.45, 7) is -0.249. The lowest BCUT2D eigenvalue weighted by atomic mass is 10.1. The van der Waals surface area contributed by atoms with Crippen LogP contribution in [0.4, 0.5) is 11.4 Å². The summed E-state index contributed by atoms with van der Waals surface area (Å²) in [4.78, 5) is 59.0. The number of carboxylic acids is 1. The summed E-state index contributed by atoms with van der Waals surface area (Å²) in [7, 11) is 0. The maximum absolute atomic E-state index is 12.4. The summed E-state index contributed by atoms with van der Waals surface area (Å²) in [6.07, 6.45) is -0.262. The highest BCUT2D eigenvalue weighted by Crippen LogP contribution is 2.27. The Morgan fingerprint density at radius 2 is 1.75 bits per heavy atom. The molecule has 10 heteroatoms. The van der Waals surface area contributed by atoms with E-state index in [2.05, 4.69) is 5.32 Å². The van der Waals surface area contributed by atoms with E-state index in [1.165, 1.54) is 24.3 Å². The summed E-state index contributed by atoms with van der Waals surface area (Å²) in [5, 5.41) is 22.4. The van der Waals surface area contributed by atoms with Crippen molar-refractivity contribution in [3.8, 4) is 0 Å². The van der Waals surface area contributed by atoms with Gasteiger partial charge in [-0.2, -0.15) is 0 Å². The molecule has 2 aromatic carbocycles. The number of non-ortho nitro benzene ring substituents is 1. The largest absolute Gasteiger partial charge is 0.478 e. The smallest absolute Gasteiger partial charge is 0.337 e. The van der Waals surface area contributed by atoms with Crippen LogP contribution in [0.5, 0.6) is 0 Å². The van der Waals surface area contributed by atoms with E-state index in [1.54, 1.807) is 6.07 Å². The Morgan fingerprint density at radius 3 is 2.43 bits per heavy atom. The van der Waals surface area contributed by atoms with Gasteiger partial charge in [-0.3, -0.25) is 29.4 Å². The van der Waals surface area contributed by atoms with Crippen LogP contribution >= 0.6 is 0 Å². The predicted octanol–water partition coefficient (Wildman–Crippen LogP) is 1.92. The monoisotopic (exact) mass is 383 g/mol. The Bertz CT molecular complexity index is 1030. The van der Waals surface area contributed by atoms with Gasteiger partial charge in [-0.25, -0.2) is 4.79 Å². The van der Waals surface area contributed by atoms with E-state index in [0.29, 0.717) is 0 Å². The Labute approximate surface area is 157 Å². The number of nitro groups is 1. The molecule has 3 amide bonds. The van der Waals surface area contributed by atoms with Gasteiger partial charge in [0.05, 0.1) is 27.3 Å². The lowest BCUT2D eigenvalue weighted by molar-refractivity contribution is -0.384. The molecule has 0 saturated carbocycles. The number of hydrogen-bond donors (Lipinski definition) is 2. The lowest BCUT2D eigenvalue weighted by Gasteiger charge is -2.14. The second kappa shape index (κ2) is 7.27. The van der Waals surface area contributed by atoms with Gasteiger partial charge in [-0.05, 0) is 18.2 Å². The fraction of sp³-hybridized carbons (Fsp3) is 0.111. The average molecular weight is 383 g/mol. The number of aromatic carboxylic acids is 1. The molecule has 0 aliphatic carbocycles. The maximum atomic E-state index is 12.4. The number of fused-ring (bicyclic) bond motifs is 1. The predicted molar refractivity (Wildman–Crippen MR) is 95.1 cm³/mol. The van der Waals surface area contributed by atoms with Crippen LogP contribution in [-0.2, 0) is 4.79 Å². The molecule has 142 valence electrons. The van der Waals surface area contributed by atoms with E-state index in [0.717, 1.165) is 17.0 Å². The van der Waals surface area contributed by atoms with Gasteiger partial charge >= 0.3 is 5.97 Å². The van der Waals surface area contributed by atoms with Crippen LogP contribution in [0, 0.1) is 10.1 Å². The molecule has 0 radical (unpaired) electrons. The normalized spacial score (nSPS) is 12.6. The van der Waals surface area contributed by atoms with Gasteiger partial charge in [0.2, 0.25) is 5.91 Å². The molecule has 0 spiro atoms. The van der Waals surface area contributed by atoms with Gasteiger partial charge in [-0.15, -0.1) is 0 Å². The van der Waals surface area contributed by atoms with Gasteiger partial charge in [0.15, 0.2) is 0 Å². The number of carboxylic acid groups (broad SMARTS) is 1. The first kappa shape index (κ1) is 18.7. The molecule has 0 saturated heterocycles. The zero-order chi connectivity index (χ0) is 20.4. The highest BCUT2D eigenvalue weighted by atomic mass is 16.6. The van der Waals surface area contributed by atoms with Crippen molar-refractivity contribution >= 4 is 35.1 Å². The van der Waals surface area contributed by atoms with E-state index in [9.17, 15) is 29.3 Å². The van der Waals surface area contributed by atoms with Crippen LogP contribution in [-0.4, -0.2) is 45.2 Å². The molecule has 2 aromatic rings. The summed E-state index contributed by atoms with van der Waals surface area (Å²) in [5.74, 6) is -3.16. The van der Waals surface area contributed by atoms with Crippen LogP contribution in [0.25, 0.3) is 0 Å². The topological polar surface area (TPSA) is 147 Å². The van der Waals surface area contributed by atoms with Crippen molar-refractivity contribution in [3.63, 3.8) is 0 Å². The Hall–Kier alpha value is -4.08. The van der Waals surface area contributed by atoms with Gasteiger partial charge < -0.3 is 10.4 Å². The zero-order valence-corrected chi connectivity index (χ0v) is 14.2. The van der Waals surface area contributed by atoms with Crippen LogP contribution < -0.4 is 5.32 Å². The third kappa shape index (κ3) is 3.43. The SMILES string of the molecule is O=C(CCN1C(=O)c2ccc([N+](=O)[O-])cc2C1=O)Nc1ccccc1C(=O)O. The molecule has 0 fully saturated rings. The zero-order valence-electron chi connectivity index (χ0n) is 14.2. The summed E-state index contributed by atoms with van der Waals surface area (Å²) < 4.78 is 0. The minimum absolute atomic E-state index is 0.0345.